The zero-order valence-electron chi connectivity index (χ0n) is 13.6. The van der Waals surface area contributed by atoms with Gasteiger partial charge in [-0.1, -0.05) is 0 Å². The van der Waals surface area contributed by atoms with Crippen molar-refractivity contribution in [2.45, 2.75) is 32.5 Å². The van der Waals surface area contributed by atoms with Crippen LogP contribution in [0.3, 0.4) is 0 Å². The van der Waals surface area contributed by atoms with Gasteiger partial charge in [-0.25, -0.2) is 4.79 Å². The van der Waals surface area contributed by atoms with E-state index in [0.29, 0.717) is 24.4 Å². The number of methoxy groups -OCH3 is 1. The van der Waals surface area contributed by atoms with Crippen molar-refractivity contribution in [3.63, 3.8) is 0 Å². The first-order valence-corrected chi connectivity index (χ1v) is 7.77. The van der Waals surface area contributed by atoms with Gasteiger partial charge in [0.2, 0.25) is 0 Å². The van der Waals surface area contributed by atoms with Crippen molar-refractivity contribution in [2.75, 3.05) is 33.4 Å². The van der Waals surface area contributed by atoms with Crippen LogP contribution < -0.4 is 4.74 Å². The Morgan fingerprint density at radius 2 is 1.86 bits per heavy atom. The SMILES string of the molecule is COC(=O)c1ccc(OCCCN2C[C@@H](C)O[C@H](C)C2)cc1. The van der Waals surface area contributed by atoms with Crippen LogP contribution in [-0.2, 0) is 9.47 Å². The predicted octanol–water partition coefficient (Wildman–Crippen LogP) is 2.35. The molecule has 1 aliphatic rings. The molecular formula is C17H25NO4. The molecule has 1 saturated heterocycles. The summed E-state index contributed by atoms with van der Waals surface area (Å²) < 4.78 is 16.1. The number of ether oxygens (including phenoxy) is 3. The number of rotatable bonds is 6. The van der Waals surface area contributed by atoms with Crippen LogP contribution in [0.4, 0.5) is 0 Å². The highest BCUT2D eigenvalue weighted by Gasteiger charge is 2.21. The Hall–Kier alpha value is -1.59. The highest BCUT2D eigenvalue weighted by Crippen LogP contribution is 2.14. The second-order valence-corrected chi connectivity index (χ2v) is 5.73. The van der Waals surface area contributed by atoms with E-state index in [1.54, 1.807) is 24.3 Å². The van der Waals surface area contributed by atoms with Crippen molar-refractivity contribution in [3.05, 3.63) is 29.8 Å². The Bertz CT molecular complexity index is 464. The molecular weight excluding hydrogens is 282 g/mol. The van der Waals surface area contributed by atoms with Gasteiger partial charge in [0.25, 0.3) is 0 Å². The van der Waals surface area contributed by atoms with Crippen LogP contribution in [0.5, 0.6) is 5.75 Å². The maximum Gasteiger partial charge on any atom is 0.337 e. The molecule has 5 heteroatoms. The Morgan fingerprint density at radius 3 is 2.45 bits per heavy atom. The third-order valence-corrected chi connectivity index (χ3v) is 3.66. The normalized spacial score (nSPS) is 22.3. The molecule has 1 aromatic carbocycles. The van der Waals surface area contributed by atoms with E-state index in [4.69, 9.17) is 9.47 Å². The van der Waals surface area contributed by atoms with E-state index in [0.717, 1.165) is 31.8 Å². The summed E-state index contributed by atoms with van der Waals surface area (Å²) in [6.07, 6.45) is 1.57. The average Bonchev–Trinajstić information content (AvgIpc) is 2.50. The first kappa shape index (κ1) is 16.8. The Kier molecular flexibility index (Phi) is 6.21. The molecule has 122 valence electrons. The number of hydrogen-bond donors (Lipinski definition) is 0. The molecule has 5 nitrogen and oxygen atoms in total. The lowest BCUT2D eigenvalue weighted by atomic mass is 10.2. The predicted molar refractivity (Wildman–Crippen MR) is 84.3 cm³/mol. The van der Waals surface area contributed by atoms with Crippen molar-refractivity contribution in [2.24, 2.45) is 0 Å². The number of morpholine rings is 1. The first-order valence-electron chi connectivity index (χ1n) is 7.77. The summed E-state index contributed by atoms with van der Waals surface area (Å²) in [7, 11) is 1.38. The average molecular weight is 307 g/mol. The van der Waals surface area contributed by atoms with Crippen molar-refractivity contribution in [3.8, 4) is 5.75 Å². The van der Waals surface area contributed by atoms with Gasteiger partial charge in [0.05, 0.1) is 31.5 Å². The molecule has 0 radical (unpaired) electrons. The number of esters is 1. The van der Waals surface area contributed by atoms with Gasteiger partial charge in [0.15, 0.2) is 0 Å². The third-order valence-electron chi connectivity index (χ3n) is 3.66. The van der Waals surface area contributed by atoms with E-state index in [1.807, 2.05) is 0 Å². The van der Waals surface area contributed by atoms with Crippen molar-refractivity contribution >= 4 is 5.97 Å². The van der Waals surface area contributed by atoms with Gasteiger partial charge in [-0.3, -0.25) is 4.90 Å². The van der Waals surface area contributed by atoms with Gasteiger partial charge in [-0.05, 0) is 44.5 Å². The summed E-state index contributed by atoms with van der Waals surface area (Å²) in [5.41, 5.74) is 0.533. The molecule has 0 aromatic heterocycles. The summed E-state index contributed by atoms with van der Waals surface area (Å²) in [4.78, 5) is 13.8. The number of carbonyl (C=O) groups is 1. The van der Waals surface area contributed by atoms with Gasteiger partial charge >= 0.3 is 5.97 Å². The van der Waals surface area contributed by atoms with E-state index in [-0.39, 0.29) is 5.97 Å². The zero-order valence-corrected chi connectivity index (χ0v) is 13.6. The Morgan fingerprint density at radius 1 is 1.23 bits per heavy atom. The monoisotopic (exact) mass is 307 g/mol. The molecule has 2 atom stereocenters. The minimum Gasteiger partial charge on any atom is -0.494 e. The zero-order chi connectivity index (χ0) is 15.9. The lowest BCUT2D eigenvalue weighted by Crippen LogP contribution is -2.45. The van der Waals surface area contributed by atoms with Gasteiger partial charge < -0.3 is 14.2 Å². The Labute approximate surface area is 132 Å². The van der Waals surface area contributed by atoms with Gasteiger partial charge in [0, 0.05) is 19.6 Å². The fraction of sp³-hybridized carbons (Fsp3) is 0.588. The van der Waals surface area contributed by atoms with Crippen LogP contribution in [0, 0.1) is 0 Å². The van der Waals surface area contributed by atoms with Gasteiger partial charge in [-0.2, -0.15) is 0 Å². The van der Waals surface area contributed by atoms with E-state index >= 15 is 0 Å². The fourth-order valence-electron chi connectivity index (χ4n) is 2.75. The van der Waals surface area contributed by atoms with E-state index in [9.17, 15) is 4.79 Å². The highest BCUT2D eigenvalue weighted by atomic mass is 16.5. The minimum absolute atomic E-state index is 0.301. The molecule has 0 N–H and O–H groups in total. The molecule has 0 amide bonds. The van der Waals surface area contributed by atoms with Crippen molar-refractivity contribution in [1.82, 2.24) is 4.90 Å². The molecule has 0 bridgehead atoms. The second kappa shape index (κ2) is 8.15. The molecule has 0 saturated carbocycles. The molecule has 0 unspecified atom stereocenters. The van der Waals surface area contributed by atoms with Crippen LogP contribution in [0.2, 0.25) is 0 Å². The molecule has 0 spiro atoms. The minimum atomic E-state index is -0.331. The smallest absolute Gasteiger partial charge is 0.337 e. The van der Waals surface area contributed by atoms with E-state index in [2.05, 4.69) is 23.5 Å². The maximum atomic E-state index is 11.3. The Balaban J connectivity index is 1.69. The van der Waals surface area contributed by atoms with Crippen LogP contribution in [0.25, 0.3) is 0 Å². The largest absolute Gasteiger partial charge is 0.494 e. The van der Waals surface area contributed by atoms with Crippen LogP contribution in [0.1, 0.15) is 30.6 Å². The number of nitrogens with zero attached hydrogens (tertiary/aromatic N) is 1. The van der Waals surface area contributed by atoms with E-state index < -0.39 is 0 Å². The number of benzene rings is 1. The summed E-state index contributed by atoms with van der Waals surface area (Å²) >= 11 is 0. The van der Waals surface area contributed by atoms with Crippen LogP contribution in [-0.4, -0.2) is 56.4 Å². The first-order chi connectivity index (χ1) is 10.6. The summed E-state index contributed by atoms with van der Waals surface area (Å²) in [5, 5.41) is 0. The lowest BCUT2D eigenvalue weighted by molar-refractivity contribution is -0.0686. The molecule has 2 rings (SSSR count). The molecule has 1 aliphatic heterocycles. The third kappa shape index (κ3) is 5.00. The molecule has 1 heterocycles. The van der Waals surface area contributed by atoms with Crippen LogP contribution >= 0.6 is 0 Å². The summed E-state index contributed by atoms with van der Waals surface area (Å²) in [6.45, 7) is 7.87. The highest BCUT2D eigenvalue weighted by molar-refractivity contribution is 5.89. The molecule has 0 aliphatic carbocycles. The quantitative estimate of drug-likeness (QED) is 0.596. The van der Waals surface area contributed by atoms with E-state index in [1.165, 1.54) is 7.11 Å². The topological polar surface area (TPSA) is 48.0 Å². The van der Waals surface area contributed by atoms with Crippen molar-refractivity contribution < 1.29 is 19.0 Å². The maximum absolute atomic E-state index is 11.3. The standard InChI is InChI=1S/C17H25NO4/c1-13-11-18(12-14(2)22-13)9-4-10-21-16-7-5-15(6-8-16)17(19)20-3/h5-8,13-14H,4,9-12H2,1-3H3/t13-,14-/m1/s1. The van der Waals surface area contributed by atoms with Gasteiger partial charge in [0.1, 0.15) is 5.75 Å². The number of carbonyl (C=O) groups excluding carboxylic acids is 1. The fourth-order valence-corrected chi connectivity index (χ4v) is 2.75. The lowest BCUT2D eigenvalue weighted by Gasteiger charge is -2.35. The second-order valence-electron chi connectivity index (χ2n) is 5.73. The summed E-state index contributed by atoms with van der Waals surface area (Å²) in [6, 6.07) is 7.02. The van der Waals surface area contributed by atoms with Crippen LogP contribution in [0.15, 0.2) is 24.3 Å². The number of hydrogen-bond acceptors (Lipinski definition) is 5. The molecule has 1 aromatic rings. The molecule has 22 heavy (non-hydrogen) atoms. The molecule has 1 fully saturated rings. The van der Waals surface area contributed by atoms with Gasteiger partial charge in [-0.15, -0.1) is 0 Å². The summed E-state index contributed by atoms with van der Waals surface area (Å²) in [5.74, 6) is 0.443. The van der Waals surface area contributed by atoms with Crippen molar-refractivity contribution in [1.29, 1.82) is 0 Å².